The third-order valence-corrected chi connectivity index (χ3v) is 4.38. The molecule has 0 aliphatic carbocycles. The van der Waals surface area contributed by atoms with Gasteiger partial charge in [0.1, 0.15) is 5.52 Å². The smallest absolute Gasteiger partial charge is 0.250 e. The van der Waals surface area contributed by atoms with Crippen molar-refractivity contribution < 1.29 is 4.79 Å². The zero-order chi connectivity index (χ0) is 18.7. The van der Waals surface area contributed by atoms with E-state index in [9.17, 15) is 4.79 Å². The maximum absolute atomic E-state index is 11.6. The minimum Gasteiger partial charge on any atom is -0.366 e. The van der Waals surface area contributed by atoms with Crippen LogP contribution in [0.25, 0.3) is 16.6 Å². The van der Waals surface area contributed by atoms with Crippen LogP contribution >= 0.6 is 24.8 Å². The summed E-state index contributed by atoms with van der Waals surface area (Å²) in [6, 6.07) is 13.8. The molecular weight excluding hydrogens is 397 g/mol. The third kappa shape index (κ3) is 5.69. The third-order valence-electron chi connectivity index (χ3n) is 4.38. The number of hydrogen-bond donors (Lipinski definition) is 1. The first-order chi connectivity index (χ1) is 12.4. The van der Waals surface area contributed by atoms with Crippen LogP contribution in [0.3, 0.4) is 0 Å². The summed E-state index contributed by atoms with van der Waals surface area (Å²) in [5, 5.41) is 5.44. The van der Waals surface area contributed by atoms with E-state index in [2.05, 4.69) is 48.2 Å². The van der Waals surface area contributed by atoms with Gasteiger partial charge in [-0.25, -0.2) is 4.68 Å². The molecule has 0 saturated carbocycles. The Morgan fingerprint density at radius 2 is 1.71 bits per heavy atom. The molecule has 0 unspecified atom stereocenters. The maximum Gasteiger partial charge on any atom is 0.250 e. The molecule has 0 atom stereocenters. The fraction of sp³-hybridized carbons (Fsp3) is 0.300. The number of hydrogen-bond acceptors (Lipinski definition) is 4. The number of carbonyl (C=O) groups is 1. The number of rotatable bonds is 7. The predicted molar refractivity (Wildman–Crippen MR) is 119 cm³/mol. The summed E-state index contributed by atoms with van der Waals surface area (Å²) < 4.78 is 1.79. The van der Waals surface area contributed by atoms with Crippen molar-refractivity contribution in [2.24, 2.45) is 5.73 Å². The first kappa shape index (κ1) is 23.9. The molecule has 3 rings (SSSR count). The zero-order valence-corrected chi connectivity index (χ0v) is 18.0. The molecule has 152 valence electrons. The van der Waals surface area contributed by atoms with E-state index in [0.717, 1.165) is 30.7 Å². The normalized spacial score (nSPS) is 10.8. The molecule has 3 aromatic rings. The maximum atomic E-state index is 11.6. The molecule has 1 aromatic heterocycles. The highest BCUT2D eigenvalue weighted by atomic mass is 35.5. The van der Waals surface area contributed by atoms with Crippen LogP contribution in [0.2, 0.25) is 0 Å². The Balaban J connectivity index is 0.00000196. The number of halogens is 2. The molecule has 0 spiro atoms. The van der Waals surface area contributed by atoms with Crippen LogP contribution in [0.4, 0.5) is 0 Å². The quantitative estimate of drug-likeness (QED) is 0.633. The molecule has 0 fully saturated rings. The number of likely N-dealkylation sites (N-methyl/N-ethyl adjacent to an activating group) is 2. The summed E-state index contributed by atoms with van der Waals surface area (Å²) in [5.41, 5.74) is 8.73. The van der Waals surface area contributed by atoms with E-state index in [1.54, 1.807) is 10.7 Å². The van der Waals surface area contributed by atoms with Gasteiger partial charge in [-0.3, -0.25) is 4.79 Å². The van der Waals surface area contributed by atoms with Crippen molar-refractivity contribution in [1.29, 1.82) is 0 Å². The van der Waals surface area contributed by atoms with E-state index in [1.165, 1.54) is 5.56 Å². The van der Waals surface area contributed by atoms with Gasteiger partial charge in [-0.15, -0.1) is 24.8 Å². The number of fused-ring (bicyclic) bond motifs is 1. The summed E-state index contributed by atoms with van der Waals surface area (Å²) in [7, 11) is 6.30. The standard InChI is InChI=1S/C20H25N5O.2ClH/c1-23(2)11-12-24(3)13-15-7-9-17(10-8-15)25-14-16-5-4-6-18(20(21)26)19(16)22-25;;/h4-10,14H,11-13H2,1-3H3,(H2,21,26);2*1H. The van der Waals surface area contributed by atoms with Gasteiger partial charge in [0.15, 0.2) is 0 Å². The second-order valence-corrected chi connectivity index (χ2v) is 6.89. The van der Waals surface area contributed by atoms with Gasteiger partial charge in [0.2, 0.25) is 0 Å². The zero-order valence-electron chi connectivity index (χ0n) is 16.3. The molecule has 28 heavy (non-hydrogen) atoms. The second-order valence-electron chi connectivity index (χ2n) is 6.89. The highest BCUT2D eigenvalue weighted by Crippen LogP contribution is 2.19. The Hall–Kier alpha value is -2.12. The van der Waals surface area contributed by atoms with Gasteiger partial charge >= 0.3 is 0 Å². The summed E-state index contributed by atoms with van der Waals surface area (Å²) in [6.07, 6.45) is 1.92. The van der Waals surface area contributed by atoms with Crippen molar-refractivity contribution in [3.63, 3.8) is 0 Å². The molecule has 2 aromatic carbocycles. The molecular formula is C20H27Cl2N5O. The largest absolute Gasteiger partial charge is 0.366 e. The van der Waals surface area contributed by atoms with Crippen molar-refractivity contribution >= 4 is 41.6 Å². The summed E-state index contributed by atoms with van der Waals surface area (Å²) in [5.74, 6) is -0.461. The topological polar surface area (TPSA) is 67.4 Å². The monoisotopic (exact) mass is 423 g/mol. The molecule has 2 N–H and O–H groups in total. The van der Waals surface area contributed by atoms with Gasteiger partial charge in [-0.05, 0) is 44.9 Å². The molecule has 0 radical (unpaired) electrons. The van der Waals surface area contributed by atoms with Crippen LogP contribution in [0, 0.1) is 0 Å². The first-order valence-corrected chi connectivity index (χ1v) is 8.65. The highest BCUT2D eigenvalue weighted by molar-refractivity contribution is 6.04. The molecule has 0 aliphatic rings. The van der Waals surface area contributed by atoms with Crippen molar-refractivity contribution in [3.8, 4) is 5.69 Å². The van der Waals surface area contributed by atoms with E-state index in [4.69, 9.17) is 5.73 Å². The number of carbonyl (C=O) groups excluding carboxylic acids is 1. The van der Waals surface area contributed by atoms with Gasteiger partial charge < -0.3 is 15.5 Å². The Bertz CT molecular complexity index is 909. The number of aromatic nitrogens is 2. The molecule has 0 bridgehead atoms. The van der Waals surface area contributed by atoms with E-state index in [1.807, 2.05) is 30.5 Å². The van der Waals surface area contributed by atoms with E-state index >= 15 is 0 Å². The Morgan fingerprint density at radius 3 is 2.32 bits per heavy atom. The molecule has 1 heterocycles. The van der Waals surface area contributed by atoms with Gasteiger partial charge in [0, 0.05) is 31.2 Å². The SMILES string of the molecule is CN(C)CCN(C)Cc1ccc(-n2cc3cccc(C(N)=O)c3n2)cc1.Cl.Cl. The minimum absolute atomic E-state index is 0. The lowest BCUT2D eigenvalue weighted by molar-refractivity contribution is 0.100. The second kappa shape index (κ2) is 10.4. The average molecular weight is 424 g/mol. The molecule has 6 nitrogen and oxygen atoms in total. The number of amides is 1. The van der Waals surface area contributed by atoms with Crippen LogP contribution < -0.4 is 5.73 Å². The predicted octanol–water partition coefficient (Wildman–Crippen LogP) is 2.96. The lowest BCUT2D eigenvalue weighted by atomic mass is 10.1. The van der Waals surface area contributed by atoms with Crippen LogP contribution in [-0.4, -0.2) is 59.7 Å². The average Bonchev–Trinajstić information content (AvgIpc) is 3.04. The highest BCUT2D eigenvalue weighted by Gasteiger charge is 2.11. The van der Waals surface area contributed by atoms with Crippen LogP contribution in [-0.2, 0) is 6.54 Å². The number of primary amides is 1. The number of nitrogens with two attached hydrogens (primary N) is 1. The number of benzene rings is 2. The van der Waals surface area contributed by atoms with Gasteiger partial charge in [0.25, 0.3) is 5.91 Å². The van der Waals surface area contributed by atoms with Crippen LogP contribution in [0.1, 0.15) is 15.9 Å². The van der Waals surface area contributed by atoms with Crippen LogP contribution in [0.5, 0.6) is 0 Å². The van der Waals surface area contributed by atoms with Gasteiger partial charge in [-0.2, -0.15) is 5.10 Å². The summed E-state index contributed by atoms with van der Waals surface area (Å²) in [6.45, 7) is 2.97. The number of nitrogens with zero attached hydrogens (tertiary/aromatic N) is 4. The van der Waals surface area contributed by atoms with Gasteiger partial charge in [0.05, 0.1) is 11.3 Å². The fourth-order valence-electron chi connectivity index (χ4n) is 2.89. The van der Waals surface area contributed by atoms with Crippen molar-refractivity contribution in [2.75, 3.05) is 34.2 Å². The summed E-state index contributed by atoms with van der Waals surface area (Å²) in [4.78, 5) is 16.1. The van der Waals surface area contributed by atoms with Crippen molar-refractivity contribution in [2.45, 2.75) is 6.54 Å². The molecule has 0 aliphatic heterocycles. The lowest BCUT2D eigenvalue weighted by Crippen LogP contribution is -2.28. The van der Waals surface area contributed by atoms with Gasteiger partial charge in [-0.1, -0.05) is 24.3 Å². The lowest BCUT2D eigenvalue weighted by Gasteiger charge is -2.19. The molecule has 8 heteroatoms. The van der Waals surface area contributed by atoms with E-state index in [0.29, 0.717) is 11.1 Å². The Morgan fingerprint density at radius 1 is 1.04 bits per heavy atom. The minimum atomic E-state index is -0.461. The fourth-order valence-corrected chi connectivity index (χ4v) is 2.89. The Labute approximate surface area is 178 Å². The molecule has 0 saturated heterocycles. The van der Waals surface area contributed by atoms with Crippen molar-refractivity contribution in [1.82, 2.24) is 19.6 Å². The van der Waals surface area contributed by atoms with Crippen LogP contribution in [0.15, 0.2) is 48.7 Å². The Kier molecular flexibility index (Phi) is 8.91. The first-order valence-electron chi connectivity index (χ1n) is 8.65. The van der Waals surface area contributed by atoms with E-state index in [-0.39, 0.29) is 24.8 Å². The summed E-state index contributed by atoms with van der Waals surface area (Å²) >= 11 is 0. The van der Waals surface area contributed by atoms with E-state index < -0.39 is 5.91 Å². The molecule has 1 amide bonds. The van der Waals surface area contributed by atoms with Crippen molar-refractivity contribution in [3.05, 3.63) is 59.8 Å².